The number of terminal acetylenes is 1. The summed E-state index contributed by atoms with van der Waals surface area (Å²) >= 11 is 0. The summed E-state index contributed by atoms with van der Waals surface area (Å²) in [6.45, 7) is 3.52. The zero-order chi connectivity index (χ0) is 9.73. The van der Waals surface area contributed by atoms with E-state index in [0.717, 1.165) is 25.9 Å². The second-order valence-electron chi connectivity index (χ2n) is 4.03. The third-order valence-corrected chi connectivity index (χ3v) is 2.91. The Morgan fingerprint density at radius 2 is 2.46 bits per heavy atom. The molecule has 0 aromatic carbocycles. The molecule has 1 rings (SSSR count). The fraction of sp³-hybridized carbons (Fsp3) is 0.818. The van der Waals surface area contributed by atoms with Gasteiger partial charge in [-0.15, -0.1) is 12.3 Å². The fourth-order valence-electron chi connectivity index (χ4n) is 1.89. The molecule has 0 spiro atoms. The van der Waals surface area contributed by atoms with E-state index in [1.165, 1.54) is 0 Å². The largest absolute Gasteiger partial charge is 0.316 e. The van der Waals surface area contributed by atoms with Crippen LogP contribution in [0.5, 0.6) is 0 Å². The van der Waals surface area contributed by atoms with E-state index in [1.54, 1.807) is 6.92 Å². The maximum absolute atomic E-state index is 14.0. The maximum atomic E-state index is 14.0. The quantitative estimate of drug-likeness (QED) is 0.661. The lowest BCUT2D eigenvalue weighted by atomic mass is 9.82. The summed E-state index contributed by atoms with van der Waals surface area (Å²) in [6, 6.07) is 0. The number of hydrogen-bond acceptors (Lipinski definition) is 1. The summed E-state index contributed by atoms with van der Waals surface area (Å²) in [4.78, 5) is 0. The van der Waals surface area contributed by atoms with Gasteiger partial charge in [0.05, 0.1) is 0 Å². The van der Waals surface area contributed by atoms with Crippen LogP contribution in [0.4, 0.5) is 4.39 Å². The summed E-state index contributed by atoms with van der Waals surface area (Å²) in [5.41, 5.74) is -1.08. The highest BCUT2D eigenvalue weighted by atomic mass is 19.1. The van der Waals surface area contributed by atoms with Gasteiger partial charge in [-0.1, -0.05) is 0 Å². The number of hydrogen-bond donors (Lipinski definition) is 1. The average molecular weight is 183 g/mol. The van der Waals surface area contributed by atoms with Crippen molar-refractivity contribution in [2.75, 3.05) is 13.1 Å². The van der Waals surface area contributed by atoms with Crippen molar-refractivity contribution < 1.29 is 4.39 Å². The molecule has 74 valence electrons. The molecule has 2 unspecified atom stereocenters. The van der Waals surface area contributed by atoms with E-state index >= 15 is 0 Å². The predicted octanol–water partition coefficient (Wildman–Crippen LogP) is 2.13. The molecule has 0 radical (unpaired) electrons. The molecule has 2 heteroatoms. The highest BCUT2D eigenvalue weighted by Crippen LogP contribution is 2.31. The Labute approximate surface area is 80.1 Å². The normalized spacial score (nSPS) is 27.6. The van der Waals surface area contributed by atoms with Gasteiger partial charge in [0.25, 0.3) is 0 Å². The Hall–Kier alpha value is -0.550. The molecule has 0 bridgehead atoms. The summed E-state index contributed by atoms with van der Waals surface area (Å²) in [7, 11) is 0. The van der Waals surface area contributed by atoms with Gasteiger partial charge >= 0.3 is 0 Å². The van der Waals surface area contributed by atoms with Crippen molar-refractivity contribution in [3.63, 3.8) is 0 Å². The van der Waals surface area contributed by atoms with Crippen LogP contribution in [0.2, 0.25) is 0 Å². The highest BCUT2D eigenvalue weighted by molar-refractivity contribution is 4.92. The molecule has 0 aromatic rings. The Morgan fingerprint density at radius 1 is 1.69 bits per heavy atom. The van der Waals surface area contributed by atoms with Crippen molar-refractivity contribution in [3.8, 4) is 12.3 Å². The maximum Gasteiger partial charge on any atom is 0.113 e. The zero-order valence-corrected chi connectivity index (χ0v) is 8.28. The first-order chi connectivity index (χ1) is 6.17. The first kappa shape index (κ1) is 10.5. The van der Waals surface area contributed by atoms with Crippen LogP contribution in [0, 0.1) is 18.3 Å². The lowest BCUT2D eigenvalue weighted by Gasteiger charge is -2.33. The van der Waals surface area contributed by atoms with E-state index in [9.17, 15) is 4.39 Å². The Morgan fingerprint density at radius 3 is 3.00 bits per heavy atom. The van der Waals surface area contributed by atoms with Crippen LogP contribution in [-0.2, 0) is 0 Å². The van der Waals surface area contributed by atoms with Crippen LogP contribution in [-0.4, -0.2) is 18.8 Å². The van der Waals surface area contributed by atoms with Crippen molar-refractivity contribution in [2.45, 2.75) is 38.3 Å². The van der Waals surface area contributed by atoms with Crippen LogP contribution < -0.4 is 5.32 Å². The third kappa shape index (κ3) is 3.00. The first-order valence-electron chi connectivity index (χ1n) is 5.00. The van der Waals surface area contributed by atoms with Crippen molar-refractivity contribution in [1.29, 1.82) is 0 Å². The topological polar surface area (TPSA) is 12.0 Å². The second-order valence-corrected chi connectivity index (χ2v) is 4.03. The molecule has 1 fully saturated rings. The van der Waals surface area contributed by atoms with Gasteiger partial charge in [0.15, 0.2) is 0 Å². The van der Waals surface area contributed by atoms with Crippen molar-refractivity contribution in [3.05, 3.63) is 0 Å². The average Bonchev–Trinajstić information content (AvgIpc) is 2.16. The van der Waals surface area contributed by atoms with Gasteiger partial charge in [0.1, 0.15) is 5.67 Å². The Kier molecular flexibility index (Phi) is 3.74. The Balaban J connectivity index is 2.42. The monoisotopic (exact) mass is 183 g/mol. The molecule has 1 nitrogen and oxygen atoms in total. The van der Waals surface area contributed by atoms with Crippen molar-refractivity contribution in [2.24, 2.45) is 5.92 Å². The van der Waals surface area contributed by atoms with Gasteiger partial charge in [-0.05, 0) is 32.7 Å². The molecule has 1 saturated heterocycles. The minimum absolute atomic E-state index is 0.148. The molecule has 1 heterocycles. The second kappa shape index (κ2) is 4.62. The number of alkyl halides is 1. The Bertz CT molecular complexity index is 187. The molecule has 13 heavy (non-hydrogen) atoms. The third-order valence-electron chi connectivity index (χ3n) is 2.91. The lowest BCUT2D eigenvalue weighted by Crippen LogP contribution is -2.41. The fourth-order valence-corrected chi connectivity index (χ4v) is 1.89. The molecule has 0 aromatic heterocycles. The van der Waals surface area contributed by atoms with Gasteiger partial charge in [0, 0.05) is 18.9 Å². The number of piperidine rings is 1. The molecule has 2 atom stereocenters. The van der Waals surface area contributed by atoms with E-state index in [2.05, 4.69) is 11.2 Å². The summed E-state index contributed by atoms with van der Waals surface area (Å²) in [5, 5.41) is 3.23. The molecular formula is C11H18FN. The predicted molar refractivity (Wildman–Crippen MR) is 53.2 cm³/mol. The highest BCUT2D eigenvalue weighted by Gasteiger charge is 2.34. The number of halogens is 1. The van der Waals surface area contributed by atoms with Crippen LogP contribution >= 0.6 is 0 Å². The zero-order valence-electron chi connectivity index (χ0n) is 8.28. The van der Waals surface area contributed by atoms with Gasteiger partial charge in [0.2, 0.25) is 0 Å². The van der Waals surface area contributed by atoms with Crippen LogP contribution in [0.15, 0.2) is 0 Å². The van der Waals surface area contributed by atoms with Crippen LogP contribution in [0.3, 0.4) is 0 Å². The lowest BCUT2D eigenvalue weighted by molar-refractivity contribution is 0.0754. The van der Waals surface area contributed by atoms with Gasteiger partial charge < -0.3 is 5.32 Å². The molecule has 0 saturated carbocycles. The van der Waals surface area contributed by atoms with Crippen LogP contribution in [0.1, 0.15) is 32.6 Å². The van der Waals surface area contributed by atoms with E-state index in [0.29, 0.717) is 12.8 Å². The van der Waals surface area contributed by atoms with Gasteiger partial charge in [-0.2, -0.15) is 0 Å². The molecule has 1 aliphatic heterocycles. The van der Waals surface area contributed by atoms with E-state index in [-0.39, 0.29) is 5.92 Å². The summed E-state index contributed by atoms with van der Waals surface area (Å²) in [6.07, 6.45) is 8.25. The van der Waals surface area contributed by atoms with Crippen molar-refractivity contribution in [1.82, 2.24) is 5.32 Å². The summed E-state index contributed by atoms with van der Waals surface area (Å²) in [5.74, 6) is 2.65. The minimum atomic E-state index is -1.08. The number of rotatable bonds is 3. The molecular weight excluding hydrogens is 165 g/mol. The van der Waals surface area contributed by atoms with Gasteiger partial charge in [-0.3, -0.25) is 0 Å². The molecule has 0 aliphatic carbocycles. The summed E-state index contributed by atoms with van der Waals surface area (Å²) < 4.78 is 14.0. The minimum Gasteiger partial charge on any atom is -0.316 e. The number of nitrogens with one attached hydrogen (secondary N) is 1. The smallest absolute Gasteiger partial charge is 0.113 e. The standard InChI is InChI=1S/C11H18FN/c1-3-4-7-11(2,12)10-6-5-8-13-9-10/h1,10,13H,4-9H2,2H3. The van der Waals surface area contributed by atoms with Crippen molar-refractivity contribution >= 4 is 0 Å². The molecule has 1 N–H and O–H groups in total. The molecule has 0 amide bonds. The van der Waals surface area contributed by atoms with Crippen LogP contribution in [0.25, 0.3) is 0 Å². The first-order valence-corrected chi connectivity index (χ1v) is 5.00. The van der Waals surface area contributed by atoms with E-state index < -0.39 is 5.67 Å². The molecule has 1 aliphatic rings. The van der Waals surface area contributed by atoms with E-state index in [4.69, 9.17) is 6.42 Å². The van der Waals surface area contributed by atoms with E-state index in [1.807, 2.05) is 0 Å². The SMILES string of the molecule is C#CCCC(C)(F)C1CCCNC1. The van der Waals surface area contributed by atoms with Gasteiger partial charge in [-0.25, -0.2) is 4.39 Å².